The van der Waals surface area contributed by atoms with E-state index in [9.17, 15) is 14.5 Å². The molecular weight excluding hydrogens is 540 g/mol. The zero-order chi connectivity index (χ0) is 29.1. The molecule has 218 valence electrons. The molecule has 2 saturated heterocycles. The molecule has 2 amide bonds. The van der Waals surface area contributed by atoms with Gasteiger partial charge in [-0.15, -0.1) is 11.3 Å². The van der Waals surface area contributed by atoms with E-state index < -0.39 is 18.0 Å². The summed E-state index contributed by atoms with van der Waals surface area (Å²) in [5, 5.41) is 13.9. The molecule has 11 heteroatoms. The Balaban J connectivity index is 1.30. The smallest absolute Gasteiger partial charge is 0.243 e. The topological polar surface area (TPSA) is 130 Å². The van der Waals surface area contributed by atoms with Gasteiger partial charge in [-0.3, -0.25) is 9.59 Å². The fourth-order valence-corrected chi connectivity index (χ4v) is 6.76. The van der Waals surface area contributed by atoms with Crippen molar-refractivity contribution in [3.63, 3.8) is 0 Å². The molecule has 2 unspecified atom stereocenters. The number of carbonyl (C=O) groups excluding carboxylic acids is 2. The average Bonchev–Trinajstić information content (AvgIpc) is 3.73. The summed E-state index contributed by atoms with van der Waals surface area (Å²) in [6, 6.07) is 8.22. The van der Waals surface area contributed by atoms with E-state index in [-0.39, 0.29) is 36.7 Å². The third-order valence-electron chi connectivity index (χ3n) is 8.33. The number of amides is 2. The highest BCUT2D eigenvalue weighted by Crippen LogP contribution is 2.34. The van der Waals surface area contributed by atoms with Crippen LogP contribution < -0.4 is 10.6 Å². The maximum Gasteiger partial charge on any atom is 0.243 e. The normalized spacial score (nSPS) is 21.1. The number of nitrogens with one attached hydrogen (secondary N) is 2. The summed E-state index contributed by atoms with van der Waals surface area (Å²) in [4.78, 5) is 46.0. The fourth-order valence-electron chi connectivity index (χ4n) is 5.95. The maximum absolute atomic E-state index is 14.0. The number of thiazole rings is 1. The van der Waals surface area contributed by atoms with Crippen LogP contribution in [0, 0.1) is 17.7 Å². The number of benzene rings is 1. The molecule has 0 bridgehead atoms. The van der Waals surface area contributed by atoms with Crippen molar-refractivity contribution in [2.45, 2.75) is 76.9 Å². The first-order valence-corrected chi connectivity index (χ1v) is 15.3. The Bertz CT molecular complexity index is 1360. The van der Waals surface area contributed by atoms with Crippen molar-refractivity contribution in [3.05, 3.63) is 63.5 Å². The van der Waals surface area contributed by atoms with Crippen molar-refractivity contribution < 1.29 is 14.1 Å². The lowest BCUT2D eigenvalue weighted by Gasteiger charge is -2.29. The molecule has 0 saturated carbocycles. The molecule has 2 aliphatic heterocycles. The van der Waals surface area contributed by atoms with Crippen LogP contribution in [0.2, 0.25) is 0 Å². The van der Waals surface area contributed by atoms with Crippen molar-refractivity contribution in [1.29, 1.82) is 0 Å². The zero-order valence-electron chi connectivity index (χ0n) is 24.0. The monoisotopic (exact) mass is 578 g/mol. The van der Waals surface area contributed by atoms with Gasteiger partial charge in [0, 0.05) is 24.9 Å². The number of carbonyl (C=O) groups is 2. The minimum Gasteiger partial charge on any atom is -0.360 e. The van der Waals surface area contributed by atoms with Gasteiger partial charge in [0.1, 0.15) is 23.8 Å². The zero-order valence-corrected chi connectivity index (χ0v) is 24.8. The molecule has 41 heavy (non-hydrogen) atoms. The van der Waals surface area contributed by atoms with Gasteiger partial charge in [0.05, 0.1) is 27.8 Å². The van der Waals surface area contributed by atoms with Gasteiger partial charge < -0.3 is 20.1 Å². The van der Waals surface area contributed by atoms with E-state index in [4.69, 9.17) is 4.52 Å². The molecule has 4 atom stereocenters. The molecule has 2 fully saturated rings. The number of hydrogen-bond acceptors (Lipinski definition) is 9. The minimum atomic E-state index is -0.792. The summed E-state index contributed by atoms with van der Waals surface area (Å²) in [5.74, 6) is -0.440. The summed E-state index contributed by atoms with van der Waals surface area (Å²) in [6.07, 6.45) is 2.14. The Morgan fingerprint density at radius 2 is 1.90 bits per heavy atom. The van der Waals surface area contributed by atoms with Crippen LogP contribution in [-0.4, -0.2) is 58.6 Å². The summed E-state index contributed by atoms with van der Waals surface area (Å²) < 4.78 is 5.73. The van der Waals surface area contributed by atoms with Crippen molar-refractivity contribution in [2.75, 3.05) is 19.6 Å². The fraction of sp³-hybridized carbons (Fsp3) is 0.533. The first kappa shape index (κ1) is 29.1. The Kier molecular flexibility index (Phi) is 8.94. The molecule has 1 aromatic carbocycles. The predicted octanol–water partition coefficient (Wildman–Crippen LogP) is 4.93. The van der Waals surface area contributed by atoms with Crippen molar-refractivity contribution >= 4 is 23.2 Å². The van der Waals surface area contributed by atoms with Crippen molar-refractivity contribution in [1.82, 2.24) is 25.7 Å². The largest absolute Gasteiger partial charge is 0.360 e. The number of rotatable bonds is 9. The van der Waals surface area contributed by atoms with Crippen LogP contribution >= 0.6 is 11.3 Å². The van der Waals surface area contributed by atoms with Gasteiger partial charge in [-0.25, -0.2) is 4.98 Å². The Morgan fingerprint density at radius 3 is 2.54 bits per heavy atom. The second-order valence-electron chi connectivity index (χ2n) is 11.5. The molecule has 4 heterocycles. The third kappa shape index (κ3) is 6.25. The summed E-state index contributed by atoms with van der Waals surface area (Å²) >= 11 is 1.59. The molecule has 0 radical (unpaired) electrons. The van der Waals surface area contributed by atoms with Crippen LogP contribution in [0.15, 0.2) is 45.5 Å². The lowest BCUT2D eigenvalue weighted by atomic mass is 9.89. The van der Waals surface area contributed by atoms with E-state index in [2.05, 4.69) is 26.0 Å². The minimum absolute atomic E-state index is 0.0945. The van der Waals surface area contributed by atoms with Gasteiger partial charge in [-0.05, 0) is 56.8 Å². The van der Waals surface area contributed by atoms with Crippen molar-refractivity contribution in [3.8, 4) is 10.4 Å². The van der Waals surface area contributed by atoms with Crippen LogP contribution in [0.1, 0.15) is 80.6 Å². The number of aromatic nitrogens is 2. The number of nitrogens with zero attached hydrogens (tertiary/aromatic N) is 4. The molecule has 0 aliphatic carbocycles. The number of aryl methyl sites for hydroxylation is 1. The first-order chi connectivity index (χ1) is 19.8. The molecule has 5 rings (SSSR count). The van der Waals surface area contributed by atoms with Gasteiger partial charge in [0.25, 0.3) is 0 Å². The van der Waals surface area contributed by atoms with E-state index in [1.54, 1.807) is 11.3 Å². The highest BCUT2D eigenvalue weighted by atomic mass is 32.1. The van der Waals surface area contributed by atoms with E-state index in [1.165, 1.54) is 4.90 Å². The van der Waals surface area contributed by atoms with Gasteiger partial charge in [0.15, 0.2) is 0 Å². The number of likely N-dealkylation sites (tertiary alicyclic amines) is 1. The van der Waals surface area contributed by atoms with Crippen LogP contribution in [0.4, 0.5) is 0 Å². The van der Waals surface area contributed by atoms with Crippen molar-refractivity contribution in [2.24, 2.45) is 11.1 Å². The van der Waals surface area contributed by atoms with E-state index in [0.29, 0.717) is 11.7 Å². The number of hydrogen-bond donors (Lipinski definition) is 2. The van der Waals surface area contributed by atoms with E-state index in [0.717, 1.165) is 53.3 Å². The average molecular weight is 579 g/mol. The lowest BCUT2D eigenvalue weighted by molar-refractivity contribution is -0.141. The molecule has 0 spiro atoms. The SMILES string of the molecule is Cc1ncsc1-c1ccc([C@H](C)NC(=O)[C@@H]2CC(N=O)CN2C(=O)C(c2cc(C3CCNCC3)no2)C(C)C)cc1. The van der Waals surface area contributed by atoms with Crippen LogP contribution in [0.25, 0.3) is 10.4 Å². The third-order valence-corrected chi connectivity index (χ3v) is 9.31. The first-order valence-electron chi connectivity index (χ1n) is 14.4. The molecule has 10 nitrogen and oxygen atoms in total. The number of nitroso groups, excluding NO2 is 1. The molecule has 2 aliphatic rings. The second-order valence-corrected chi connectivity index (χ2v) is 12.4. The predicted molar refractivity (Wildman–Crippen MR) is 157 cm³/mol. The molecule has 2 aromatic heterocycles. The van der Waals surface area contributed by atoms with E-state index >= 15 is 0 Å². The summed E-state index contributed by atoms with van der Waals surface area (Å²) in [7, 11) is 0. The van der Waals surface area contributed by atoms with Crippen LogP contribution in [0.5, 0.6) is 0 Å². The van der Waals surface area contributed by atoms with E-state index in [1.807, 2.05) is 63.5 Å². The molecule has 3 aromatic rings. The highest BCUT2D eigenvalue weighted by molar-refractivity contribution is 7.13. The Labute approximate surface area is 244 Å². The maximum atomic E-state index is 14.0. The Hall–Kier alpha value is -3.44. The van der Waals surface area contributed by atoms with Gasteiger partial charge in [-0.2, -0.15) is 4.91 Å². The summed E-state index contributed by atoms with van der Waals surface area (Å²) in [5.41, 5.74) is 5.71. The van der Waals surface area contributed by atoms with Gasteiger partial charge in [-0.1, -0.05) is 48.4 Å². The Morgan fingerprint density at radius 1 is 1.17 bits per heavy atom. The van der Waals surface area contributed by atoms with Crippen LogP contribution in [-0.2, 0) is 9.59 Å². The quantitative estimate of drug-likeness (QED) is 0.345. The molecule has 2 N–H and O–H groups in total. The standard InChI is InChI=1S/C30H38N6O4S/c1-17(2)27(26-14-24(35-40-26)21-9-11-31-12-10-21)30(38)36-15-23(34-39)13-25(36)29(37)33-18(3)20-5-7-22(8-6-20)28-19(4)32-16-41-28/h5-8,14,16-18,21,23,25,27,31H,9-13,15H2,1-4H3,(H,33,37)/t18-,23?,25-,27?/m0/s1. The number of piperidine rings is 1. The second kappa shape index (κ2) is 12.6. The van der Waals surface area contributed by atoms with Crippen LogP contribution in [0.3, 0.4) is 0 Å². The molecular formula is C30H38N6O4S. The summed E-state index contributed by atoms with van der Waals surface area (Å²) in [6.45, 7) is 9.77. The van der Waals surface area contributed by atoms with Gasteiger partial charge in [0.2, 0.25) is 11.8 Å². The van der Waals surface area contributed by atoms with Gasteiger partial charge >= 0.3 is 0 Å². The lowest BCUT2D eigenvalue weighted by Crippen LogP contribution is -2.48. The highest BCUT2D eigenvalue weighted by Gasteiger charge is 2.44.